The lowest BCUT2D eigenvalue weighted by molar-refractivity contribution is 0.111. The molecule has 1 saturated heterocycles. The smallest absolute Gasteiger partial charge is 0.191 e. The lowest BCUT2D eigenvalue weighted by Crippen LogP contribution is -2.50. The van der Waals surface area contributed by atoms with Gasteiger partial charge in [-0.2, -0.15) is 0 Å². The molecule has 1 aliphatic carbocycles. The van der Waals surface area contributed by atoms with Crippen LogP contribution in [0.4, 0.5) is 0 Å². The standard InChI is InChI=1S/C22H35ClN4O.HI/c1-3-24-22(25-16-21(28-2)17-7-6-8-18(23)15-17)26-19-11-13-27(14-12-19)20-9-4-5-10-20;/h6-8,15,19-21H,3-5,9-14,16H2,1-2H3,(H2,24,25,26);1H. The molecule has 0 amide bonds. The Morgan fingerprint density at radius 2 is 1.97 bits per heavy atom. The number of hydrogen-bond acceptors (Lipinski definition) is 3. The number of guanidine groups is 1. The zero-order valence-electron chi connectivity index (χ0n) is 17.7. The molecule has 1 aliphatic heterocycles. The van der Waals surface area contributed by atoms with Crippen molar-refractivity contribution in [1.29, 1.82) is 0 Å². The summed E-state index contributed by atoms with van der Waals surface area (Å²) in [6, 6.07) is 9.14. The van der Waals surface area contributed by atoms with E-state index in [4.69, 9.17) is 21.3 Å². The molecule has 0 bridgehead atoms. The largest absolute Gasteiger partial charge is 0.375 e. The second-order valence-electron chi connectivity index (χ2n) is 7.89. The van der Waals surface area contributed by atoms with Crippen LogP contribution in [-0.4, -0.2) is 56.2 Å². The third kappa shape index (κ3) is 7.56. The fraction of sp³-hybridized carbons (Fsp3) is 0.682. The van der Waals surface area contributed by atoms with Crippen LogP contribution in [0.1, 0.15) is 57.1 Å². The number of hydrogen-bond donors (Lipinski definition) is 2. The Bertz CT molecular complexity index is 631. The van der Waals surface area contributed by atoms with E-state index < -0.39 is 0 Å². The molecular weight excluding hydrogens is 499 g/mol. The second kappa shape index (κ2) is 13.0. The van der Waals surface area contributed by atoms with E-state index in [1.807, 2.05) is 24.3 Å². The first-order chi connectivity index (χ1) is 13.7. The molecule has 1 aromatic carbocycles. The van der Waals surface area contributed by atoms with Crippen molar-refractivity contribution < 1.29 is 4.74 Å². The van der Waals surface area contributed by atoms with Crippen LogP contribution in [0.15, 0.2) is 29.3 Å². The molecule has 1 unspecified atom stereocenters. The monoisotopic (exact) mass is 534 g/mol. The van der Waals surface area contributed by atoms with Gasteiger partial charge in [0.1, 0.15) is 6.10 Å². The maximum atomic E-state index is 6.13. The van der Waals surface area contributed by atoms with Gasteiger partial charge in [-0.3, -0.25) is 4.99 Å². The van der Waals surface area contributed by atoms with E-state index in [9.17, 15) is 0 Å². The first-order valence-corrected chi connectivity index (χ1v) is 11.1. The molecule has 3 rings (SSSR count). The summed E-state index contributed by atoms with van der Waals surface area (Å²) in [4.78, 5) is 7.50. The van der Waals surface area contributed by atoms with Crippen LogP contribution in [0, 0.1) is 0 Å². The van der Waals surface area contributed by atoms with Crippen LogP contribution >= 0.6 is 35.6 Å². The maximum absolute atomic E-state index is 6.13. The highest BCUT2D eigenvalue weighted by atomic mass is 127. The molecular formula is C22H36ClIN4O. The number of halogens is 2. The van der Waals surface area contributed by atoms with E-state index in [1.54, 1.807) is 7.11 Å². The Labute approximate surface area is 198 Å². The quantitative estimate of drug-likeness (QED) is 0.305. The molecule has 0 spiro atoms. The number of ether oxygens (including phenoxy) is 1. The normalized spacial score (nSPS) is 20.3. The summed E-state index contributed by atoms with van der Waals surface area (Å²) in [5.41, 5.74) is 1.06. The van der Waals surface area contributed by atoms with Crippen molar-refractivity contribution in [1.82, 2.24) is 15.5 Å². The summed E-state index contributed by atoms with van der Waals surface area (Å²) in [6.45, 7) is 5.91. The van der Waals surface area contributed by atoms with Gasteiger partial charge in [0, 0.05) is 43.9 Å². The van der Waals surface area contributed by atoms with Gasteiger partial charge in [0.05, 0.1) is 6.54 Å². The number of rotatable bonds is 7. The predicted octanol–water partition coefficient (Wildman–Crippen LogP) is 4.61. The van der Waals surface area contributed by atoms with Crippen LogP contribution in [0.5, 0.6) is 0 Å². The molecule has 29 heavy (non-hydrogen) atoms. The molecule has 5 nitrogen and oxygen atoms in total. The number of nitrogens with one attached hydrogen (secondary N) is 2. The van der Waals surface area contributed by atoms with Gasteiger partial charge in [-0.05, 0) is 50.3 Å². The summed E-state index contributed by atoms with van der Waals surface area (Å²) in [5.74, 6) is 0.880. The van der Waals surface area contributed by atoms with Gasteiger partial charge >= 0.3 is 0 Å². The third-order valence-corrected chi connectivity index (χ3v) is 6.21. The number of likely N-dealkylation sites (tertiary alicyclic amines) is 1. The van der Waals surface area contributed by atoms with Crippen LogP contribution in [0.25, 0.3) is 0 Å². The molecule has 1 atom stereocenters. The van der Waals surface area contributed by atoms with Crippen LogP contribution in [-0.2, 0) is 4.74 Å². The number of methoxy groups -OCH3 is 1. The summed E-state index contributed by atoms with van der Waals surface area (Å²) in [5, 5.41) is 7.75. The van der Waals surface area contributed by atoms with Crippen molar-refractivity contribution in [3.05, 3.63) is 34.9 Å². The van der Waals surface area contributed by atoms with Gasteiger partial charge in [0.25, 0.3) is 0 Å². The highest BCUT2D eigenvalue weighted by Gasteiger charge is 2.27. The summed E-state index contributed by atoms with van der Waals surface area (Å²) >= 11 is 6.13. The van der Waals surface area contributed by atoms with E-state index >= 15 is 0 Å². The minimum atomic E-state index is -0.0987. The van der Waals surface area contributed by atoms with Gasteiger partial charge in [0.15, 0.2) is 5.96 Å². The predicted molar refractivity (Wildman–Crippen MR) is 133 cm³/mol. The molecule has 2 aliphatic rings. The summed E-state index contributed by atoms with van der Waals surface area (Å²) < 4.78 is 5.65. The fourth-order valence-electron chi connectivity index (χ4n) is 4.39. The zero-order chi connectivity index (χ0) is 19.8. The average Bonchev–Trinajstić information content (AvgIpc) is 3.24. The Kier molecular flexibility index (Phi) is 11.0. The second-order valence-corrected chi connectivity index (χ2v) is 8.33. The Balaban J connectivity index is 0.00000300. The molecule has 1 aromatic rings. The topological polar surface area (TPSA) is 48.9 Å². The number of piperidine rings is 1. The fourth-order valence-corrected chi connectivity index (χ4v) is 4.59. The van der Waals surface area contributed by atoms with Crippen LogP contribution in [0.2, 0.25) is 5.02 Å². The van der Waals surface area contributed by atoms with Crippen molar-refractivity contribution in [2.24, 2.45) is 4.99 Å². The number of nitrogens with zero attached hydrogens (tertiary/aromatic N) is 2. The van der Waals surface area contributed by atoms with Crippen LogP contribution in [0.3, 0.4) is 0 Å². The van der Waals surface area contributed by atoms with Gasteiger partial charge in [-0.25, -0.2) is 0 Å². The van der Waals surface area contributed by atoms with Crippen molar-refractivity contribution in [2.45, 2.75) is 63.6 Å². The first-order valence-electron chi connectivity index (χ1n) is 10.8. The van der Waals surface area contributed by atoms with Gasteiger partial charge in [0.2, 0.25) is 0 Å². The SMILES string of the molecule is CCNC(=NCC(OC)c1cccc(Cl)c1)NC1CCN(C2CCCC2)CC1.I. The third-order valence-electron chi connectivity index (χ3n) is 5.98. The van der Waals surface area contributed by atoms with Crippen molar-refractivity contribution in [2.75, 3.05) is 33.3 Å². The molecule has 0 aromatic heterocycles. The Hall–Kier alpha value is -0.570. The minimum absolute atomic E-state index is 0. The molecule has 164 valence electrons. The Morgan fingerprint density at radius 3 is 2.59 bits per heavy atom. The minimum Gasteiger partial charge on any atom is -0.375 e. The van der Waals surface area contributed by atoms with Gasteiger partial charge < -0.3 is 20.3 Å². The van der Waals surface area contributed by atoms with E-state index in [0.717, 1.165) is 29.1 Å². The van der Waals surface area contributed by atoms with Crippen molar-refractivity contribution in [3.63, 3.8) is 0 Å². The number of benzene rings is 1. The van der Waals surface area contributed by atoms with Crippen molar-refractivity contribution in [3.8, 4) is 0 Å². The lowest BCUT2D eigenvalue weighted by atomic mass is 10.0. The molecule has 7 heteroatoms. The average molecular weight is 535 g/mol. The molecule has 1 heterocycles. The highest BCUT2D eigenvalue weighted by molar-refractivity contribution is 14.0. The molecule has 0 radical (unpaired) electrons. The molecule has 2 fully saturated rings. The van der Waals surface area contributed by atoms with E-state index in [1.165, 1.54) is 51.6 Å². The highest BCUT2D eigenvalue weighted by Crippen LogP contribution is 2.26. The summed E-state index contributed by atoms with van der Waals surface area (Å²) in [7, 11) is 1.72. The maximum Gasteiger partial charge on any atom is 0.191 e. The van der Waals surface area contributed by atoms with E-state index in [0.29, 0.717) is 12.6 Å². The Morgan fingerprint density at radius 1 is 1.24 bits per heavy atom. The van der Waals surface area contributed by atoms with Gasteiger partial charge in [-0.15, -0.1) is 24.0 Å². The zero-order valence-corrected chi connectivity index (χ0v) is 20.8. The summed E-state index contributed by atoms with van der Waals surface area (Å²) in [6.07, 6.45) is 7.87. The van der Waals surface area contributed by atoms with E-state index in [-0.39, 0.29) is 30.1 Å². The first kappa shape index (κ1) is 24.7. The van der Waals surface area contributed by atoms with Crippen molar-refractivity contribution >= 4 is 41.5 Å². The number of aliphatic imine (C=N–C) groups is 1. The van der Waals surface area contributed by atoms with Crippen LogP contribution < -0.4 is 10.6 Å². The molecule has 1 saturated carbocycles. The molecule has 2 N–H and O–H groups in total. The lowest BCUT2D eigenvalue weighted by Gasteiger charge is -2.36. The van der Waals surface area contributed by atoms with E-state index in [2.05, 4.69) is 22.5 Å². The van der Waals surface area contributed by atoms with Gasteiger partial charge in [-0.1, -0.05) is 36.6 Å².